The minimum Gasteiger partial charge on any atom is -0.383 e. The molecule has 0 unspecified atom stereocenters. The zero-order valence-corrected chi connectivity index (χ0v) is 17.1. The molecule has 1 saturated heterocycles. The lowest BCUT2D eigenvalue weighted by atomic mass is 9.99. The van der Waals surface area contributed by atoms with Crippen LogP contribution >= 0.6 is 0 Å². The van der Waals surface area contributed by atoms with Gasteiger partial charge in [0.05, 0.1) is 16.8 Å². The van der Waals surface area contributed by atoms with Gasteiger partial charge in [-0.1, -0.05) is 25.1 Å². The lowest BCUT2D eigenvalue weighted by molar-refractivity contribution is 0.435. The van der Waals surface area contributed by atoms with E-state index in [0.29, 0.717) is 39.8 Å². The lowest BCUT2D eigenvalue weighted by Gasteiger charge is -2.30. The van der Waals surface area contributed by atoms with E-state index in [1.54, 1.807) is 24.3 Å². The molecule has 8 heteroatoms. The Labute approximate surface area is 178 Å². The summed E-state index contributed by atoms with van der Waals surface area (Å²) in [5.74, 6) is 0.719. The molecule has 4 aromatic rings. The summed E-state index contributed by atoms with van der Waals surface area (Å²) in [6.07, 6.45) is 2.10. The standard InChI is InChI=1S/C23H22F2N6/c1-14-8-10-30(11-9-14)23-27-20(15-4-2-5-16(24)12-15)19-21(26)31(29-22(19)28-23)18-7-3-6-17(25)13-18/h2-7,12-14H,8-11,26H2,1H3. The van der Waals surface area contributed by atoms with Crippen molar-refractivity contribution in [3.8, 4) is 16.9 Å². The van der Waals surface area contributed by atoms with Crippen molar-refractivity contribution in [2.24, 2.45) is 5.92 Å². The summed E-state index contributed by atoms with van der Waals surface area (Å²) in [4.78, 5) is 11.6. The first-order valence-electron chi connectivity index (χ1n) is 10.3. The van der Waals surface area contributed by atoms with E-state index in [4.69, 9.17) is 10.7 Å². The van der Waals surface area contributed by atoms with Gasteiger partial charge in [0.15, 0.2) is 5.65 Å². The van der Waals surface area contributed by atoms with Crippen LogP contribution in [0.5, 0.6) is 0 Å². The van der Waals surface area contributed by atoms with E-state index in [9.17, 15) is 8.78 Å². The van der Waals surface area contributed by atoms with Crippen molar-refractivity contribution < 1.29 is 8.78 Å². The number of hydrogen-bond acceptors (Lipinski definition) is 5. The molecular formula is C23H22F2N6. The van der Waals surface area contributed by atoms with Crippen LogP contribution in [0, 0.1) is 17.6 Å². The van der Waals surface area contributed by atoms with Crippen LogP contribution in [0.2, 0.25) is 0 Å². The normalized spacial score (nSPS) is 15.0. The first kappa shape index (κ1) is 19.4. The maximum atomic E-state index is 14.0. The Kier molecular flexibility index (Phi) is 4.77. The minimum atomic E-state index is -0.393. The predicted octanol–water partition coefficient (Wildman–Crippen LogP) is 4.58. The van der Waals surface area contributed by atoms with Gasteiger partial charge in [0.2, 0.25) is 5.95 Å². The number of aromatic nitrogens is 4. The number of nitrogens with zero attached hydrogens (tertiary/aromatic N) is 5. The van der Waals surface area contributed by atoms with Gasteiger partial charge < -0.3 is 10.6 Å². The van der Waals surface area contributed by atoms with Gasteiger partial charge in [0.1, 0.15) is 17.5 Å². The first-order valence-corrected chi connectivity index (χ1v) is 10.3. The van der Waals surface area contributed by atoms with Crippen molar-refractivity contribution in [2.45, 2.75) is 19.8 Å². The predicted molar refractivity (Wildman–Crippen MR) is 117 cm³/mol. The summed E-state index contributed by atoms with van der Waals surface area (Å²) in [6, 6.07) is 12.2. The SMILES string of the molecule is CC1CCN(c2nc(-c3cccc(F)c3)c3c(N)n(-c4cccc(F)c4)nc3n2)CC1. The highest BCUT2D eigenvalue weighted by molar-refractivity contribution is 5.99. The quantitative estimate of drug-likeness (QED) is 0.525. The summed E-state index contributed by atoms with van der Waals surface area (Å²) in [5.41, 5.74) is 8.41. The number of hydrogen-bond donors (Lipinski definition) is 1. The fourth-order valence-electron chi connectivity index (χ4n) is 4.00. The molecule has 0 bridgehead atoms. The van der Waals surface area contributed by atoms with Gasteiger partial charge in [-0.2, -0.15) is 4.98 Å². The Morgan fingerprint density at radius 1 is 0.968 bits per heavy atom. The minimum absolute atomic E-state index is 0.277. The number of benzene rings is 2. The van der Waals surface area contributed by atoms with Crippen LogP contribution < -0.4 is 10.6 Å². The number of piperidine rings is 1. The first-order chi connectivity index (χ1) is 15.0. The molecular weight excluding hydrogens is 398 g/mol. The molecule has 2 N–H and O–H groups in total. The molecule has 0 saturated carbocycles. The van der Waals surface area contributed by atoms with Crippen LogP contribution in [0.15, 0.2) is 48.5 Å². The van der Waals surface area contributed by atoms with E-state index in [1.807, 2.05) is 0 Å². The summed E-state index contributed by atoms with van der Waals surface area (Å²) >= 11 is 0. The van der Waals surface area contributed by atoms with Gasteiger partial charge in [-0.3, -0.25) is 0 Å². The van der Waals surface area contributed by atoms with Crippen molar-refractivity contribution in [1.29, 1.82) is 0 Å². The Hall–Kier alpha value is -3.55. The largest absolute Gasteiger partial charge is 0.383 e. The third kappa shape index (κ3) is 3.58. The monoisotopic (exact) mass is 420 g/mol. The molecule has 1 aliphatic heterocycles. The molecule has 31 heavy (non-hydrogen) atoms. The lowest BCUT2D eigenvalue weighted by Crippen LogP contribution is -2.34. The van der Waals surface area contributed by atoms with Gasteiger partial charge >= 0.3 is 0 Å². The van der Waals surface area contributed by atoms with E-state index >= 15 is 0 Å². The molecule has 158 valence electrons. The summed E-state index contributed by atoms with van der Waals surface area (Å²) in [6.45, 7) is 3.92. The van der Waals surface area contributed by atoms with Gasteiger partial charge in [0.25, 0.3) is 0 Å². The van der Waals surface area contributed by atoms with Crippen LogP contribution in [-0.2, 0) is 0 Å². The molecule has 0 amide bonds. The van der Waals surface area contributed by atoms with Crippen molar-refractivity contribution >= 4 is 22.8 Å². The van der Waals surface area contributed by atoms with Crippen molar-refractivity contribution in [3.05, 3.63) is 60.2 Å². The summed E-state index contributed by atoms with van der Waals surface area (Å²) in [7, 11) is 0. The zero-order chi connectivity index (χ0) is 21.5. The Morgan fingerprint density at radius 2 is 1.68 bits per heavy atom. The Bertz CT molecular complexity index is 1260. The van der Waals surface area contributed by atoms with Gasteiger partial charge in [-0.05, 0) is 49.1 Å². The fourth-order valence-corrected chi connectivity index (χ4v) is 4.00. The average molecular weight is 420 g/mol. The van der Waals surface area contributed by atoms with Gasteiger partial charge in [-0.25, -0.2) is 18.4 Å². The van der Waals surface area contributed by atoms with E-state index in [2.05, 4.69) is 21.9 Å². The number of halogens is 2. The fraction of sp³-hybridized carbons (Fsp3) is 0.261. The molecule has 0 spiro atoms. The number of fused-ring (bicyclic) bond motifs is 1. The Morgan fingerprint density at radius 3 is 2.39 bits per heavy atom. The highest BCUT2D eigenvalue weighted by atomic mass is 19.1. The van der Waals surface area contributed by atoms with Gasteiger partial charge in [-0.15, -0.1) is 5.10 Å². The van der Waals surface area contributed by atoms with Crippen molar-refractivity contribution in [2.75, 3.05) is 23.7 Å². The molecule has 3 heterocycles. The van der Waals surface area contributed by atoms with Crippen molar-refractivity contribution in [1.82, 2.24) is 19.7 Å². The highest BCUT2D eigenvalue weighted by Crippen LogP contribution is 2.34. The molecule has 1 fully saturated rings. The van der Waals surface area contributed by atoms with Crippen LogP contribution in [0.4, 0.5) is 20.5 Å². The average Bonchev–Trinajstić information content (AvgIpc) is 3.10. The van der Waals surface area contributed by atoms with Crippen LogP contribution in [-0.4, -0.2) is 32.8 Å². The second-order valence-corrected chi connectivity index (χ2v) is 8.03. The van der Waals surface area contributed by atoms with E-state index < -0.39 is 5.82 Å². The number of rotatable bonds is 3. The second kappa shape index (κ2) is 7.61. The maximum absolute atomic E-state index is 14.0. The Balaban J connectivity index is 1.73. The second-order valence-electron chi connectivity index (χ2n) is 8.03. The molecule has 2 aromatic heterocycles. The van der Waals surface area contributed by atoms with Crippen LogP contribution in [0.1, 0.15) is 19.8 Å². The van der Waals surface area contributed by atoms with Crippen LogP contribution in [0.3, 0.4) is 0 Å². The molecule has 1 aliphatic rings. The van der Waals surface area contributed by atoms with Crippen molar-refractivity contribution in [3.63, 3.8) is 0 Å². The number of anilines is 2. The molecule has 0 atom stereocenters. The van der Waals surface area contributed by atoms with Crippen LogP contribution in [0.25, 0.3) is 28.0 Å². The zero-order valence-electron chi connectivity index (χ0n) is 17.1. The molecule has 0 radical (unpaired) electrons. The number of nitrogen functional groups attached to an aromatic ring is 1. The third-order valence-corrected chi connectivity index (χ3v) is 5.77. The summed E-state index contributed by atoms with van der Waals surface area (Å²) < 4.78 is 29.3. The van der Waals surface area contributed by atoms with E-state index in [-0.39, 0.29) is 11.6 Å². The van der Waals surface area contributed by atoms with E-state index in [1.165, 1.54) is 28.9 Å². The maximum Gasteiger partial charge on any atom is 0.228 e. The molecule has 0 aliphatic carbocycles. The topological polar surface area (TPSA) is 72.9 Å². The van der Waals surface area contributed by atoms with Gasteiger partial charge in [0, 0.05) is 18.7 Å². The number of nitrogens with two attached hydrogens (primary N) is 1. The highest BCUT2D eigenvalue weighted by Gasteiger charge is 2.24. The van der Waals surface area contributed by atoms with E-state index in [0.717, 1.165) is 25.9 Å². The molecule has 5 rings (SSSR count). The summed E-state index contributed by atoms with van der Waals surface area (Å²) in [5, 5.41) is 5.07. The molecule has 6 nitrogen and oxygen atoms in total. The smallest absolute Gasteiger partial charge is 0.228 e. The molecule has 2 aromatic carbocycles. The third-order valence-electron chi connectivity index (χ3n) is 5.77.